The lowest BCUT2D eigenvalue weighted by molar-refractivity contribution is 0.211. The summed E-state index contributed by atoms with van der Waals surface area (Å²) in [5.74, 6) is 0.981. The third kappa shape index (κ3) is 3.11. The normalized spacial score (nSPS) is 19.3. The van der Waals surface area contributed by atoms with Crippen molar-refractivity contribution in [2.45, 2.75) is 19.9 Å². The van der Waals surface area contributed by atoms with Gasteiger partial charge in [0.1, 0.15) is 5.82 Å². The molecule has 1 aromatic heterocycles. The van der Waals surface area contributed by atoms with Crippen LogP contribution in [0.15, 0.2) is 22.7 Å². The molecule has 21 heavy (non-hydrogen) atoms. The van der Waals surface area contributed by atoms with Crippen LogP contribution in [0.25, 0.3) is 11.4 Å². The molecule has 1 aliphatic heterocycles. The summed E-state index contributed by atoms with van der Waals surface area (Å²) in [5, 5.41) is 13.0. The summed E-state index contributed by atoms with van der Waals surface area (Å²) in [6.07, 6.45) is 0.987. The standard InChI is InChI=1S/C15H18FN3O2/c1-10-2-3-12(6-13(10)16)15-17-14(21-18-15)8-19-5-4-11(7-19)9-20/h2-3,6,11,20H,4-5,7-9H2,1H3. The summed E-state index contributed by atoms with van der Waals surface area (Å²) in [6, 6.07) is 4.90. The number of hydrogen-bond acceptors (Lipinski definition) is 5. The van der Waals surface area contributed by atoms with Crippen molar-refractivity contribution in [2.75, 3.05) is 19.7 Å². The van der Waals surface area contributed by atoms with Crippen molar-refractivity contribution in [1.29, 1.82) is 0 Å². The number of benzene rings is 1. The van der Waals surface area contributed by atoms with E-state index < -0.39 is 0 Å². The molecule has 1 fully saturated rings. The van der Waals surface area contributed by atoms with E-state index in [-0.39, 0.29) is 12.4 Å². The summed E-state index contributed by atoms with van der Waals surface area (Å²) < 4.78 is 18.8. The lowest BCUT2D eigenvalue weighted by Gasteiger charge is -2.11. The van der Waals surface area contributed by atoms with Crippen molar-refractivity contribution in [3.05, 3.63) is 35.5 Å². The van der Waals surface area contributed by atoms with Crippen LogP contribution in [0.2, 0.25) is 0 Å². The predicted octanol–water partition coefficient (Wildman–Crippen LogP) is 2.00. The van der Waals surface area contributed by atoms with Gasteiger partial charge in [-0.15, -0.1) is 0 Å². The van der Waals surface area contributed by atoms with Gasteiger partial charge in [0.05, 0.1) is 6.54 Å². The van der Waals surface area contributed by atoms with Gasteiger partial charge in [-0.3, -0.25) is 4.90 Å². The van der Waals surface area contributed by atoms with Gasteiger partial charge >= 0.3 is 0 Å². The molecule has 0 radical (unpaired) electrons. The summed E-state index contributed by atoms with van der Waals surface area (Å²) in [5.41, 5.74) is 1.21. The van der Waals surface area contributed by atoms with E-state index in [1.807, 2.05) is 0 Å². The molecule has 2 aromatic rings. The van der Waals surface area contributed by atoms with Crippen LogP contribution in [0.3, 0.4) is 0 Å². The molecule has 0 aliphatic carbocycles. The van der Waals surface area contributed by atoms with Gasteiger partial charge in [0.15, 0.2) is 0 Å². The van der Waals surface area contributed by atoms with Gasteiger partial charge in [-0.2, -0.15) is 4.98 Å². The second-order valence-electron chi connectivity index (χ2n) is 5.55. The number of aryl methyl sites for hydroxylation is 1. The zero-order valence-corrected chi connectivity index (χ0v) is 11.9. The molecule has 1 N–H and O–H groups in total. The minimum Gasteiger partial charge on any atom is -0.396 e. The fourth-order valence-electron chi connectivity index (χ4n) is 2.57. The Morgan fingerprint density at radius 2 is 2.33 bits per heavy atom. The van der Waals surface area contributed by atoms with Crippen LogP contribution < -0.4 is 0 Å². The molecule has 112 valence electrons. The highest BCUT2D eigenvalue weighted by Gasteiger charge is 2.23. The van der Waals surface area contributed by atoms with E-state index in [1.165, 1.54) is 6.07 Å². The van der Waals surface area contributed by atoms with E-state index >= 15 is 0 Å². The molecule has 0 spiro atoms. The van der Waals surface area contributed by atoms with Crippen LogP contribution in [-0.2, 0) is 6.54 Å². The zero-order chi connectivity index (χ0) is 14.8. The van der Waals surface area contributed by atoms with Crippen LogP contribution in [0.5, 0.6) is 0 Å². The lowest BCUT2D eigenvalue weighted by Crippen LogP contribution is -2.21. The molecule has 0 saturated carbocycles. The van der Waals surface area contributed by atoms with Crippen molar-refractivity contribution in [1.82, 2.24) is 15.0 Å². The molecule has 1 aromatic carbocycles. The van der Waals surface area contributed by atoms with Crippen molar-refractivity contribution < 1.29 is 14.0 Å². The molecule has 0 bridgehead atoms. The molecule has 3 rings (SSSR count). The van der Waals surface area contributed by atoms with E-state index in [0.717, 1.165) is 19.5 Å². The van der Waals surface area contributed by atoms with Gasteiger partial charge in [-0.25, -0.2) is 4.39 Å². The van der Waals surface area contributed by atoms with Gasteiger partial charge in [0.25, 0.3) is 0 Å². The SMILES string of the molecule is Cc1ccc(-c2noc(CN3CCC(CO)C3)n2)cc1F. The quantitative estimate of drug-likeness (QED) is 0.933. The third-order valence-electron chi connectivity index (χ3n) is 3.89. The van der Waals surface area contributed by atoms with E-state index in [0.29, 0.717) is 35.3 Å². The van der Waals surface area contributed by atoms with Gasteiger partial charge in [0, 0.05) is 18.7 Å². The highest BCUT2D eigenvalue weighted by Crippen LogP contribution is 2.21. The van der Waals surface area contributed by atoms with Gasteiger partial charge < -0.3 is 9.63 Å². The van der Waals surface area contributed by atoms with Crippen LogP contribution in [0.1, 0.15) is 17.9 Å². The van der Waals surface area contributed by atoms with Crippen LogP contribution in [-0.4, -0.2) is 39.8 Å². The van der Waals surface area contributed by atoms with E-state index in [1.54, 1.807) is 19.1 Å². The van der Waals surface area contributed by atoms with E-state index in [4.69, 9.17) is 9.63 Å². The van der Waals surface area contributed by atoms with E-state index in [9.17, 15) is 4.39 Å². The largest absolute Gasteiger partial charge is 0.396 e. The molecule has 1 atom stereocenters. The Morgan fingerprint density at radius 1 is 1.48 bits per heavy atom. The fraction of sp³-hybridized carbons (Fsp3) is 0.467. The number of nitrogens with zero attached hydrogens (tertiary/aromatic N) is 3. The van der Waals surface area contributed by atoms with E-state index in [2.05, 4.69) is 15.0 Å². The van der Waals surface area contributed by atoms with Crippen LogP contribution in [0.4, 0.5) is 4.39 Å². The first-order chi connectivity index (χ1) is 10.2. The average Bonchev–Trinajstić information content (AvgIpc) is 3.11. The number of aliphatic hydroxyl groups excluding tert-OH is 1. The first-order valence-electron chi connectivity index (χ1n) is 7.08. The Labute approximate surface area is 122 Å². The predicted molar refractivity (Wildman–Crippen MR) is 74.9 cm³/mol. The molecule has 5 nitrogen and oxygen atoms in total. The number of rotatable bonds is 4. The second kappa shape index (κ2) is 5.91. The van der Waals surface area contributed by atoms with Gasteiger partial charge in [0.2, 0.25) is 11.7 Å². The molecule has 1 saturated heterocycles. The number of aliphatic hydroxyl groups is 1. The Bertz CT molecular complexity index is 629. The highest BCUT2D eigenvalue weighted by atomic mass is 19.1. The summed E-state index contributed by atoms with van der Waals surface area (Å²) in [4.78, 5) is 6.49. The molecule has 0 amide bonds. The minimum atomic E-state index is -0.274. The Morgan fingerprint density at radius 3 is 3.05 bits per heavy atom. The van der Waals surface area contributed by atoms with Crippen LogP contribution in [0, 0.1) is 18.7 Å². The molecule has 1 aliphatic rings. The minimum absolute atomic E-state index is 0.216. The first-order valence-corrected chi connectivity index (χ1v) is 7.08. The summed E-state index contributed by atoms with van der Waals surface area (Å²) in [6.45, 7) is 4.26. The second-order valence-corrected chi connectivity index (χ2v) is 5.55. The number of halogens is 1. The molecule has 2 heterocycles. The number of aromatic nitrogens is 2. The number of hydrogen-bond donors (Lipinski definition) is 1. The Kier molecular flexibility index (Phi) is 3.98. The maximum absolute atomic E-state index is 13.6. The Balaban J connectivity index is 1.70. The highest BCUT2D eigenvalue weighted by molar-refractivity contribution is 5.54. The summed E-state index contributed by atoms with van der Waals surface area (Å²) >= 11 is 0. The van der Waals surface area contributed by atoms with Gasteiger partial charge in [-0.1, -0.05) is 17.3 Å². The van der Waals surface area contributed by atoms with Crippen molar-refractivity contribution in [2.24, 2.45) is 5.92 Å². The maximum atomic E-state index is 13.6. The summed E-state index contributed by atoms with van der Waals surface area (Å²) in [7, 11) is 0. The Hall–Kier alpha value is -1.79. The van der Waals surface area contributed by atoms with Gasteiger partial charge in [-0.05, 0) is 37.4 Å². The zero-order valence-electron chi connectivity index (χ0n) is 11.9. The van der Waals surface area contributed by atoms with Crippen LogP contribution >= 0.6 is 0 Å². The van der Waals surface area contributed by atoms with Crippen molar-refractivity contribution >= 4 is 0 Å². The molecule has 6 heteroatoms. The lowest BCUT2D eigenvalue weighted by atomic mass is 10.1. The maximum Gasteiger partial charge on any atom is 0.241 e. The first kappa shape index (κ1) is 14.2. The smallest absolute Gasteiger partial charge is 0.241 e. The topological polar surface area (TPSA) is 62.4 Å². The van der Waals surface area contributed by atoms with Crippen molar-refractivity contribution in [3.8, 4) is 11.4 Å². The molecular formula is C15H18FN3O2. The number of likely N-dealkylation sites (tertiary alicyclic amines) is 1. The third-order valence-corrected chi connectivity index (χ3v) is 3.89. The fourth-order valence-corrected chi connectivity index (χ4v) is 2.57. The molecule has 1 unspecified atom stereocenters. The molecular weight excluding hydrogens is 273 g/mol. The van der Waals surface area contributed by atoms with Crippen molar-refractivity contribution in [3.63, 3.8) is 0 Å². The average molecular weight is 291 g/mol. The monoisotopic (exact) mass is 291 g/mol.